The van der Waals surface area contributed by atoms with Gasteiger partial charge in [-0.1, -0.05) is 0 Å². The minimum absolute atomic E-state index is 0.108. The van der Waals surface area contributed by atoms with Crippen molar-refractivity contribution in [3.8, 4) is 0 Å². The van der Waals surface area contributed by atoms with Crippen LogP contribution >= 0.6 is 15.9 Å². The Bertz CT molecular complexity index is 594. The van der Waals surface area contributed by atoms with E-state index in [0.29, 0.717) is 18.1 Å². The molecule has 0 radical (unpaired) electrons. The van der Waals surface area contributed by atoms with Gasteiger partial charge in [0.1, 0.15) is 11.5 Å². The summed E-state index contributed by atoms with van der Waals surface area (Å²) in [5.41, 5.74) is 1.44. The van der Waals surface area contributed by atoms with E-state index >= 15 is 0 Å². The molecule has 2 heterocycles. The largest absolute Gasteiger partial charge is 0.345 e. The van der Waals surface area contributed by atoms with E-state index in [1.807, 2.05) is 30.7 Å². The van der Waals surface area contributed by atoms with Crippen molar-refractivity contribution < 1.29 is 4.79 Å². The number of nitrogens with zero attached hydrogens (tertiary/aromatic N) is 3. The third-order valence-corrected chi connectivity index (χ3v) is 3.13. The molecule has 100 valence electrons. The van der Waals surface area contributed by atoms with E-state index in [9.17, 15) is 4.79 Å². The summed E-state index contributed by atoms with van der Waals surface area (Å²) in [5, 5.41) is 2.86. The van der Waals surface area contributed by atoms with Crippen LogP contribution in [0.5, 0.6) is 0 Å². The topological polar surface area (TPSA) is 59.8 Å². The van der Waals surface area contributed by atoms with Gasteiger partial charge in [0.2, 0.25) is 0 Å². The SMILES string of the molecule is CCn1cc(Br)cc1C(=O)NCc1ccnc(C)n1. The Labute approximate surface area is 120 Å². The lowest BCUT2D eigenvalue weighted by molar-refractivity contribution is 0.0941. The summed E-state index contributed by atoms with van der Waals surface area (Å²) in [5.74, 6) is 0.593. The number of hydrogen-bond donors (Lipinski definition) is 1. The summed E-state index contributed by atoms with van der Waals surface area (Å²) in [7, 11) is 0. The molecule has 2 aromatic rings. The summed E-state index contributed by atoms with van der Waals surface area (Å²) in [4.78, 5) is 20.4. The monoisotopic (exact) mass is 322 g/mol. The van der Waals surface area contributed by atoms with Crippen molar-refractivity contribution >= 4 is 21.8 Å². The van der Waals surface area contributed by atoms with E-state index < -0.39 is 0 Å². The second-order valence-electron chi connectivity index (χ2n) is 4.11. The number of hydrogen-bond acceptors (Lipinski definition) is 3. The molecule has 6 heteroatoms. The molecule has 1 N–H and O–H groups in total. The normalized spacial score (nSPS) is 10.5. The summed E-state index contributed by atoms with van der Waals surface area (Å²) in [6.07, 6.45) is 3.58. The molecule has 0 aromatic carbocycles. The van der Waals surface area contributed by atoms with Gasteiger partial charge in [-0.05, 0) is 41.9 Å². The molecule has 0 aliphatic heterocycles. The minimum Gasteiger partial charge on any atom is -0.345 e. The lowest BCUT2D eigenvalue weighted by Crippen LogP contribution is -2.25. The quantitative estimate of drug-likeness (QED) is 0.939. The maximum Gasteiger partial charge on any atom is 0.268 e. The van der Waals surface area contributed by atoms with Gasteiger partial charge >= 0.3 is 0 Å². The first kappa shape index (κ1) is 13.7. The van der Waals surface area contributed by atoms with E-state index in [1.165, 1.54) is 0 Å². The molecule has 2 rings (SSSR count). The number of rotatable bonds is 4. The van der Waals surface area contributed by atoms with Crippen molar-refractivity contribution in [2.24, 2.45) is 0 Å². The van der Waals surface area contributed by atoms with Crippen molar-refractivity contribution in [2.45, 2.75) is 26.9 Å². The Balaban J connectivity index is 2.05. The van der Waals surface area contributed by atoms with Gasteiger partial charge in [0.15, 0.2) is 0 Å². The fraction of sp³-hybridized carbons (Fsp3) is 0.308. The van der Waals surface area contributed by atoms with Gasteiger partial charge in [-0.15, -0.1) is 0 Å². The Morgan fingerprint density at radius 2 is 2.32 bits per heavy atom. The van der Waals surface area contributed by atoms with Crippen molar-refractivity contribution in [3.05, 3.63) is 46.2 Å². The van der Waals surface area contributed by atoms with Crippen molar-refractivity contribution in [3.63, 3.8) is 0 Å². The number of aryl methyl sites for hydroxylation is 2. The maximum atomic E-state index is 12.1. The molecule has 0 spiro atoms. The number of amides is 1. The molecule has 0 aliphatic rings. The highest BCUT2D eigenvalue weighted by Crippen LogP contribution is 2.15. The highest BCUT2D eigenvalue weighted by atomic mass is 79.9. The summed E-state index contributed by atoms with van der Waals surface area (Å²) < 4.78 is 2.79. The smallest absolute Gasteiger partial charge is 0.268 e. The fourth-order valence-corrected chi connectivity index (χ4v) is 2.26. The van der Waals surface area contributed by atoms with E-state index in [1.54, 1.807) is 12.3 Å². The molecule has 0 saturated heterocycles. The zero-order valence-corrected chi connectivity index (χ0v) is 12.4. The first-order valence-electron chi connectivity index (χ1n) is 6.02. The molecule has 0 unspecified atom stereocenters. The van der Waals surface area contributed by atoms with Gasteiger partial charge in [-0.2, -0.15) is 0 Å². The summed E-state index contributed by atoms with van der Waals surface area (Å²) in [6, 6.07) is 3.60. The first-order chi connectivity index (χ1) is 9.10. The second kappa shape index (κ2) is 5.97. The van der Waals surface area contributed by atoms with Crippen molar-refractivity contribution in [1.29, 1.82) is 0 Å². The van der Waals surface area contributed by atoms with Gasteiger partial charge in [-0.25, -0.2) is 9.97 Å². The van der Waals surface area contributed by atoms with E-state index in [0.717, 1.165) is 16.7 Å². The average Bonchev–Trinajstić information content (AvgIpc) is 2.77. The lowest BCUT2D eigenvalue weighted by Gasteiger charge is -2.07. The van der Waals surface area contributed by atoms with Crippen LogP contribution in [0.1, 0.15) is 28.9 Å². The predicted molar refractivity (Wildman–Crippen MR) is 75.7 cm³/mol. The third kappa shape index (κ3) is 3.41. The first-order valence-corrected chi connectivity index (χ1v) is 6.82. The number of aromatic nitrogens is 3. The zero-order chi connectivity index (χ0) is 13.8. The maximum absolute atomic E-state index is 12.1. The van der Waals surface area contributed by atoms with Gasteiger partial charge in [0.05, 0.1) is 12.2 Å². The van der Waals surface area contributed by atoms with Crippen molar-refractivity contribution in [2.75, 3.05) is 0 Å². The summed E-state index contributed by atoms with van der Waals surface area (Å²) in [6.45, 7) is 4.97. The summed E-state index contributed by atoms with van der Waals surface area (Å²) >= 11 is 3.38. The second-order valence-corrected chi connectivity index (χ2v) is 5.02. The lowest BCUT2D eigenvalue weighted by atomic mass is 10.3. The highest BCUT2D eigenvalue weighted by molar-refractivity contribution is 9.10. The fourth-order valence-electron chi connectivity index (χ4n) is 1.79. The van der Waals surface area contributed by atoms with Crippen LogP contribution in [0.3, 0.4) is 0 Å². The van der Waals surface area contributed by atoms with E-state index in [4.69, 9.17) is 0 Å². The van der Waals surface area contributed by atoms with Crippen LogP contribution < -0.4 is 5.32 Å². The van der Waals surface area contributed by atoms with Gasteiger partial charge < -0.3 is 9.88 Å². The van der Waals surface area contributed by atoms with Crippen LogP contribution in [0.4, 0.5) is 0 Å². The number of nitrogens with one attached hydrogen (secondary N) is 1. The molecule has 0 saturated carbocycles. The Morgan fingerprint density at radius 3 is 3.00 bits per heavy atom. The molecule has 0 atom stereocenters. The van der Waals surface area contributed by atoms with Crippen LogP contribution in [0.2, 0.25) is 0 Å². The Hall–Kier alpha value is -1.69. The van der Waals surface area contributed by atoms with Crippen LogP contribution in [-0.4, -0.2) is 20.4 Å². The highest BCUT2D eigenvalue weighted by Gasteiger charge is 2.12. The van der Waals surface area contributed by atoms with Crippen LogP contribution in [0.25, 0.3) is 0 Å². The van der Waals surface area contributed by atoms with Gasteiger partial charge in [-0.3, -0.25) is 4.79 Å². The van der Waals surface area contributed by atoms with Gasteiger partial charge in [0.25, 0.3) is 5.91 Å². The molecule has 0 fully saturated rings. The van der Waals surface area contributed by atoms with Crippen LogP contribution in [0, 0.1) is 6.92 Å². The van der Waals surface area contributed by atoms with Gasteiger partial charge in [0, 0.05) is 23.4 Å². The molecular formula is C13H15BrN4O. The Morgan fingerprint density at radius 1 is 1.53 bits per heavy atom. The Kier molecular flexibility index (Phi) is 4.31. The molecule has 2 aromatic heterocycles. The average molecular weight is 323 g/mol. The molecule has 5 nitrogen and oxygen atoms in total. The number of halogens is 1. The minimum atomic E-state index is -0.108. The number of carbonyl (C=O) groups is 1. The zero-order valence-electron chi connectivity index (χ0n) is 10.9. The van der Waals surface area contributed by atoms with E-state index in [2.05, 4.69) is 31.2 Å². The van der Waals surface area contributed by atoms with Crippen LogP contribution in [-0.2, 0) is 13.1 Å². The number of carbonyl (C=O) groups excluding carboxylic acids is 1. The predicted octanol–water partition coefficient (Wildman–Crippen LogP) is 2.30. The molecule has 19 heavy (non-hydrogen) atoms. The van der Waals surface area contributed by atoms with Crippen molar-refractivity contribution in [1.82, 2.24) is 19.9 Å². The standard InChI is InChI=1S/C13H15BrN4O/c1-3-18-8-10(14)6-12(18)13(19)16-7-11-4-5-15-9(2)17-11/h4-6,8H,3,7H2,1-2H3,(H,16,19). The molecule has 0 bridgehead atoms. The molecule has 1 amide bonds. The van der Waals surface area contributed by atoms with E-state index in [-0.39, 0.29) is 5.91 Å². The third-order valence-electron chi connectivity index (χ3n) is 2.70. The van der Waals surface area contributed by atoms with Crippen LogP contribution in [0.15, 0.2) is 29.0 Å². The molecular weight excluding hydrogens is 308 g/mol. The molecule has 0 aliphatic carbocycles.